The van der Waals surface area contributed by atoms with Gasteiger partial charge in [0.25, 0.3) is 0 Å². The van der Waals surface area contributed by atoms with E-state index in [1.165, 1.54) is 5.01 Å². The maximum absolute atomic E-state index is 11.7. The standard InChI is InChI=1S/C13H15N3O3/c1-2-19-13(18)10-8-11(12(14)17)16(15-10)9-6-4-3-5-7-9/h3-7,11H,2,8H2,1H3,(H2,14,17)/t11-/m1/s1. The Morgan fingerprint density at radius 1 is 1.42 bits per heavy atom. The summed E-state index contributed by atoms with van der Waals surface area (Å²) in [6.07, 6.45) is 0.170. The highest BCUT2D eigenvalue weighted by molar-refractivity contribution is 6.38. The number of benzene rings is 1. The second-order valence-electron chi connectivity index (χ2n) is 4.07. The van der Waals surface area contributed by atoms with E-state index in [0.29, 0.717) is 5.69 Å². The van der Waals surface area contributed by atoms with Crippen molar-refractivity contribution >= 4 is 23.3 Å². The minimum absolute atomic E-state index is 0.170. The van der Waals surface area contributed by atoms with E-state index in [1.54, 1.807) is 19.1 Å². The summed E-state index contributed by atoms with van der Waals surface area (Å²) in [6.45, 7) is 1.98. The number of carbonyl (C=O) groups is 2. The van der Waals surface area contributed by atoms with Crippen molar-refractivity contribution in [3.05, 3.63) is 30.3 Å². The molecule has 0 fully saturated rings. The quantitative estimate of drug-likeness (QED) is 0.807. The second kappa shape index (κ2) is 5.51. The molecule has 19 heavy (non-hydrogen) atoms. The van der Waals surface area contributed by atoms with Gasteiger partial charge in [0.2, 0.25) is 5.91 Å². The van der Waals surface area contributed by atoms with Gasteiger partial charge in [-0.3, -0.25) is 9.80 Å². The SMILES string of the molecule is CCOC(=O)C1=NN(c2ccccc2)[C@@H](C(N)=O)C1. The van der Waals surface area contributed by atoms with Gasteiger partial charge in [-0.15, -0.1) is 0 Å². The van der Waals surface area contributed by atoms with Gasteiger partial charge in [-0.1, -0.05) is 18.2 Å². The van der Waals surface area contributed by atoms with Crippen LogP contribution < -0.4 is 10.7 Å². The minimum atomic E-state index is -0.651. The van der Waals surface area contributed by atoms with Gasteiger partial charge in [0.1, 0.15) is 11.8 Å². The van der Waals surface area contributed by atoms with Crippen LogP contribution in [0, 0.1) is 0 Å². The molecule has 0 bridgehead atoms. The van der Waals surface area contributed by atoms with Gasteiger partial charge in [-0.25, -0.2) is 4.79 Å². The van der Waals surface area contributed by atoms with Crippen LogP contribution in [0.25, 0.3) is 0 Å². The largest absolute Gasteiger partial charge is 0.461 e. The number of carbonyl (C=O) groups excluding carboxylic acids is 2. The van der Waals surface area contributed by atoms with Crippen molar-refractivity contribution in [3.63, 3.8) is 0 Å². The number of amides is 1. The number of hydrogen-bond donors (Lipinski definition) is 1. The molecule has 0 radical (unpaired) electrons. The number of rotatable bonds is 4. The molecule has 1 atom stereocenters. The lowest BCUT2D eigenvalue weighted by molar-refractivity contribution is -0.135. The summed E-state index contributed by atoms with van der Waals surface area (Å²) in [5.41, 5.74) is 6.29. The van der Waals surface area contributed by atoms with Crippen molar-refractivity contribution in [2.24, 2.45) is 10.8 Å². The minimum Gasteiger partial charge on any atom is -0.461 e. The first kappa shape index (κ1) is 13.1. The summed E-state index contributed by atoms with van der Waals surface area (Å²) >= 11 is 0. The fourth-order valence-electron chi connectivity index (χ4n) is 1.89. The first-order valence-electron chi connectivity index (χ1n) is 6.01. The second-order valence-corrected chi connectivity index (χ2v) is 4.07. The predicted octanol–water partition coefficient (Wildman–Crippen LogP) is 0.670. The molecule has 6 nitrogen and oxygen atoms in total. The van der Waals surface area contributed by atoms with Crippen LogP contribution in [-0.4, -0.2) is 30.2 Å². The van der Waals surface area contributed by atoms with Crippen molar-refractivity contribution in [2.75, 3.05) is 11.6 Å². The molecule has 2 rings (SSSR count). The lowest BCUT2D eigenvalue weighted by Gasteiger charge is -2.20. The van der Waals surface area contributed by atoms with Crippen LogP contribution in [0.5, 0.6) is 0 Å². The Balaban J connectivity index is 2.28. The first-order valence-corrected chi connectivity index (χ1v) is 6.01. The summed E-state index contributed by atoms with van der Waals surface area (Å²) in [7, 11) is 0. The molecule has 1 aliphatic heterocycles. The highest BCUT2D eigenvalue weighted by Gasteiger charge is 2.35. The topological polar surface area (TPSA) is 85.0 Å². The van der Waals surface area contributed by atoms with E-state index in [-0.39, 0.29) is 18.7 Å². The number of anilines is 1. The molecule has 6 heteroatoms. The molecule has 0 unspecified atom stereocenters. The van der Waals surface area contributed by atoms with Crippen molar-refractivity contribution < 1.29 is 14.3 Å². The molecule has 1 aromatic rings. The molecular formula is C13H15N3O3. The fraction of sp³-hybridized carbons (Fsp3) is 0.308. The fourth-order valence-corrected chi connectivity index (χ4v) is 1.89. The van der Waals surface area contributed by atoms with Crippen LogP contribution in [0.15, 0.2) is 35.4 Å². The number of ether oxygens (including phenoxy) is 1. The Labute approximate surface area is 110 Å². The zero-order valence-corrected chi connectivity index (χ0v) is 10.6. The Morgan fingerprint density at radius 3 is 2.68 bits per heavy atom. The van der Waals surface area contributed by atoms with Crippen molar-refractivity contribution in [3.8, 4) is 0 Å². The number of primary amides is 1. The smallest absolute Gasteiger partial charge is 0.354 e. The van der Waals surface area contributed by atoms with E-state index in [0.717, 1.165) is 0 Å². The van der Waals surface area contributed by atoms with Gasteiger partial charge in [0.05, 0.1) is 12.3 Å². The Morgan fingerprint density at radius 2 is 2.11 bits per heavy atom. The summed E-state index contributed by atoms with van der Waals surface area (Å²) in [6, 6.07) is 8.45. The molecule has 0 aliphatic carbocycles. The average molecular weight is 261 g/mol. The molecule has 2 N–H and O–H groups in total. The lowest BCUT2D eigenvalue weighted by atomic mass is 10.1. The third kappa shape index (κ3) is 2.73. The van der Waals surface area contributed by atoms with Crippen LogP contribution in [0.2, 0.25) is 0 Å². The molecule has 0 saturated heterocycles. The van der Waals surface area contributed by atoms with Gasteiger partial charge in [-0.05, 0) is 19.1 Å². The van der Waals surface area contributed by atoms with Crippen molar-refractivity contribution in [1.82, 2.24) is 0 Å². The average Bonchev–Trinajstić information content (AvgIpc) is 2.85. The van der Waals surface area contributed by atoms with Gasteiger partial charge >= 0.3 is 5.97 Å². The van der Waals surface area contributed by atoms with Gasteiger partial charge in [-0.2, -0.15) is 5.10 Å². The molecule has 1 amide bonds. The third-order valence-corrected chi connectivity index (χ3v) is 2.77. The van der Waals surface area contributed by atoms with Crippen LogP contribution >= 0.6 is 0 Å². The number of nitrogens with two attached hydrogens (primary N) is 1. The highest BCUT2D eigenvalue weighted by Crippen LogP contribution is 2.24. The van der Waals surface area contributed by atoms with E-state index in [9.17, 15) is 9.59 Å². The van der Waals surface area contributed by atoms with E-state index < -0.39 is 17.9 Å². The van der Waals surface area contributed by atoms with Crippen LogP contribution in [-0.2, 0) is 14.3 Å². The van der Waals surface area contributed by atoms with Gasteiger partial charge < -0.3 is 10.5 Å². The van der Waals surface area contributed by atoms with E-state index in [2.05, 4.69) is 5.10 Å². The molecule has 0 saturated carbocycles. The molecular weight excluding hydrogens is 246 g/mol. The Hall–Kier alpha value is -2.37. The lowest BCUT2D eigenvalue weighted by Crippen LogP contribution is -2.39. The zero-order valence-electron chi connectivity index (χ0n) is 10.6. The Bertz CT molecular complexity index is 513. The number of nitrogens with zero attached hydrogens (tertiary/aromatic N) is 2. The maximum Gasteiger partial charge on any atom is 0.354 e. The van der Waals surface area contributed by atoms with Gasteiger partial charge in [0.15, 0.2) is 0 Å². The maximum atomic E-state index is 11.7. The third-order valence-electron chi connectivity index (χ3n) is 2.77. The van der Waals surface area contributed by atoms with Crippen LogP contribution in [0.3, 0.4) is 0 Å². The van der Waals surface area contributed by atoms with Gasteiger partial charge in [0, 0.05) is 6.42 Å². The molecule has 0 aromatic heterocycles. The number of hydrogen-bond acceptors (Lipinski definition) is 5. The van der Waals surface area contributed by atoms with E-state index >= 15 is 0 Å². The summed E-state index contributed by atoms with van der Waals surface area (Å²) in [5.74, 6) is -1.03. The summed E-state index contributed by atoms with van der Waals surface area (Å²) in [4.78, 5) is 23.1. The summed E-state index contributed by atoms with van der Waals surface area (Å²) in [5, 5.41) is 5.62. The zero-order chi connectivity index (χ0) is 13.8. The molecule has 100 valence electrons. The van der Waals surface area contributed by atoms with Crippen molar-refractivity contribution in [2.45, 2.75) is 19.4 Å². The number of para-hydroxylation sites is 1. The van der Waals surface area contributed by atoms with Crippen molar-refractivity contribution in [1.29, 1.82) is 0 Å². The number of hydrazone groups is 1. The Kier molecular flexibility index (Phi) is 3.79. The van der Waals surface area contributed by atoms with Crippen LogP contribution in [0.4, 0.5) is 5.69 Å². The molecule has 0 spiro atoms. The van der Waals surface area contributed by atoms with E-state index in [1.807, 2.05) is 18.2 Å². The van der Waals surface area contributed by atoms with E-state index in [4.69, 9.17) is 10.5 Å². The monoisotopic (exact) mass is 261 g/mol. The molecule has 1 heterocycles. The predicted molar refractivity (Wildman–Crippen MR) is 70.6 cm³/mol. The van der Waals surface area contributed by atoms with Crippen LogP contribution in [0.1, 0.15) is 13.3 Å². The first-order chi connectivity index (χ1) is 9.13. The summed E-state index contributed by atoms with van der Waals surface area (Å²) < 4.78 is 4.89. The molecule has 1 aliphatic rings. The normalized spacial score (nSPS) is 18.1. The molecule has 1 aromatic carbocycles. The number of esters is 1. The highest BCUT2D eigenvalue weighted by atomic mass is 16.5.